The number of nitrogens with zero attached hydrogens (tertiary/aromatic N) is 1. The van der Waals surface area contributed by atoms with E-state index in [1.54, 1.807) is 0 Å². The van der Waals surface area contributed by atoms with E-state index in [0.717, 1.165) is 37.0 Å². The highest BCUT2D eigenvalue weighted by Crippen LogP contribution is 2.22. The van der Waals surface area contributed by atoms with Crippen molar-refractivity contribution < 1.29 is 17.5 Å². The molecule has 88 valence electrons. The van der Waals surface area contributed by atoms with Gasteiger partial charge >= 0.3 is 0 Å². The smallest absolute Gasteiger partial charge is 0.272 e. The third-order valence-electron chi connectivity index (χ3n) is 2.37. The molecular weight excluding hydrogens is 218 g/mol. The minimum Gasteiger partial charge on any atom is -0.272 e. The van der Waals surface area contributed by atoms with E-state index in [4.69, 9.17) is 0 Å². The lowest BCUT2D eigenvalue weighted by atomic mass is 9.94. The van der Waals surface area contributed by atoms with Crippen LogP contribution in [0, 0.1) is 5.92 Å². The van der Waals surface area contributed by atoms with Crippen LogP contribution < -0.4 is 0 Å². The fourth-order valence-electron chi connectivity index (χ4n) is 1.77. The van der Waals surface area contributed by atoms with Gasteiger partial charge < -0.3 is 0 Å². The lowest BCUT2D eigenvalue weighted by Gasteiger charge is -2.29. The topological polar surface area (TPSA) is 63.7 Å². The standard InChI is InChI=1S/C9H17NO4S/c1-3-5-8-6-4-7-10(9(8)11)14-15(2,12)13/h8H,3-7H2,1-2H3. The van der Waals surface area contributed by atoms with Crippen molar-refractivity contribution in [3.05, 3.63) is 0 Å². The first kappa shape index (κ1) is 12.4. The molecule has 1 aliphatic rings. The molecule has 1 rings (SSSR count). The van der Waals surface area contributed by atoms with Crippen LogP contribution in [0.3, 0.4) is 0 Å². The molecule has 0 aromatic carbocycles. The van der Waals surface area contributed by atoms with Gasteiger partial charge in [0.2, 0.25) is 5.91 Å². The molecule has 0 radical (unpaired) electrons. The van der Waals surface area contributed by atoms with Crippen molar-refractivity contribution in [2.24, 2.45) is 5.92 Å². The summed E-state index contributed by atoms with van der Waals surface area (Å²) >= 11 is 0. The van der Waals surface area contributed by atoms with Crippen LogP contribution in [-0.2, 0) is 19.2 Å². The van der Waals surface area contributed by atoms with E-state index < -0.39 is 10.1 Å². The zero-order valence-corrected chi connectivity index (χ0v) is 9.92. The molecule has 0 aromatic heterocycles. The van der Waals surface area contributed by atoms with Gasteiger partial charge in [-0.15, -0.1) is 4.28 Å². The Labute approximate surface area is 90.5 Å². The average Bonchev–Trinajstić information content (AvgIpc) is 2.10. The zero-order chi connectivity index (χ0) is 11.5. The van der Waals surface area contributed by atoms with Crippen LogP contribution >= 0.6 is 0 Å². The number of carbonyl (C=O) groups excluding carboxylic acids is 1. The molecule has 1 saturated heterocycles. The summed E-state index contributed by atoms with van der Waals surface area (Å²) in [6, 6.07) is 0. The Bertz CT molecular complexity index is 323. The second-order valence-electron chi connectivity index (χ2n) is 3.85. The van der Waals surface area contributed by atoms with E-state index in [2.05, 4.69) is 4.28 Å². The molecule has 0 aliphatic carbocycles. The molecule has 0 bridgehead atoms. The minimum atomic E-state index is -3.59. The third kappa shape index (κ3) is 3.79. The quantitative estimate of drug-likeness (QED) is 0.726. The Hall–Kier alpha value is -0.620. The van der Waals surface area contributed by atoms with Crippen LogP contribution in [0.15, 0.2) is 0 Å². The summed E-state index contributed by atoms with van der Waals surface area (Å²) in [5.74, 6) is -0.279. The monoisotopic (exact) mass is 235 g/mol. The van der Waals surface area contributed by atoms with Crippen LogP contribution in [0.25, 0.3) is 0 Å². The summed E-state index contributed by atoms with van der Waals surface area (Å²) in [6.45, 7) is 2.37. The second-order valence-corrected chi connectivity index (χ2v) is 5.40. The number of carbonyl (C=O) groups is 1. The highest BCUT2D eigenvalue weighted by atomic mass is 32.2. The lowest BCUT2D eigenvalue weighted by Crippen LogP contribution is -2.42. The van der Waals surface area contributed by atoms with Gasteiger partial charge in [0.05, 0.1) is 12.8 Å². The number of hydrogen-bond acceptors (Lipinski definition) is 4. The van der Waals surface area contributed by atoms with Crippen molar-refractivity contribution in [1.82, 2.24) is 5.06 Å². The molecule has 1 amide bonds. The summed E-state index contributed by atoms with van der Waals surface area (Å²) in [5, 5.41) is 0.985. The van der Waals surface area contributed by atoms with Gasteiger partial charge in [-0.1, -0.05) is 13.3 Å². The van der Waals surface area contributed by atoms with E-state index in [-0.39, 0.29) is 11.8 Å². The van der Waals surface area contributed by atoms with Crippen molar-refractivity contribution >= 4 is 16.0 Å². The van der Waals surface area contributed by atoms with Gasteiger partial charge in [-0.2, -0.15) is 8.42 Å². The maximum Gasteiger partial charge on any atom is 0.285 e. The average molecular weight is 235 g/mol. The molecule has 1 aliphatic heterocycles. The van der Waals surface area contributed by atoms with E-state index in [0.29, 0.717) is 6.54 Å². The van der Waals surface area contributed by atoms with Crippen molar-refractivity contribution in [1.29, 1.82) is 0 Å². The maximum absolute atomic E-state index is 11.7. The molecule has 0 aromatic rings. The SMILES string of the molecule is CCCC1CCCN(OS(C)(=O)=O)C1=O. The molecule has 1 heterocycles. The number of hydrogen-bond donors (Lipinski definition) is 0. The normalized spacial score (nSPS) is 23.2. The molecule has 15 heavy (non-hydrogen) atoms. The summed E-state index contributed by atoms with van der Waals surface area (Å²) < 4.78 is 26.4. The molecular formula is C9H17NO4S. The van der Waals surface area contributed by atoms with Crippen molar-refractivity contribution in [2.45, 2.75) is 32.6 Å². The highest BCUT2D eigenvalue weighted by Gasteiger charge is 2.30. The Kier molecular flexibility index (Phi) is 4.10. The predicted molar refractivity (Wildman–Crippen MR) is 55.3 cm³/mol. The van der Waals surface area contributed by atoms with Crippen molar-refractivity contribution in [2.75, 3.05) is 12.8 Å². The van der Waals surface area contributed by atoms with Gasteiger partial charge in [0, 0.05) is 5.92 Å². The van der Waals surface area contributed by atoms with Gasteiger partial charge in [-0.25, -0.2) is 5.06 Å². The van der Waals surface area contributed by atoms with Crippen molar-refractivity contribution in [3.63, 3.8) is 0 Å². The summed E-state index contributed by atoms with van der Waals surface area (Å²) in [4.78, 5) is 11.7. The number of amides is 1. The van der Waals surface area contributed by atoms with E-state index in [9.17, 15) is 13.2 Å². The molecule has 6 heteroatoms. The Morgan fingerprint density at radius 1 is 1.53 bits per heavy atom. The Morgan fingerprint density at radius 2 is 2.20 bits per heavy atom. The molecule has 0 N–H and O–H groups in total. The number of piperidine rings is 1. The number of rotatable bonds is 4. The van der Waals surface area contributed by atoms with Crippen LogP contribution in [0.4, 0.5) is 0 Å². The van der Waals surface area contributed by atoms with Crippen LogP contribution in [-0.4, -0.2) is 32.2 Å². The molecule has 1 fully saturated rings. The second kappa shape index (κ2) is 4.94. The van der Waals surface area contributed by atoms with Gasteiger partial charge in [-0.3, -0.25) is 4.79 Å². The molecule has 0 saturated carbocycles. The van der Waals surface area contributed by atoms with Gasteiger partial charge in [0.1, 0.15) is 0 Å². The van der Waals surface area contributed by atoms with E-state index in [1.165, 1.54) is 0 Å². The van der Waals surface area contributed by atoms with Crippen LogP contribution in [0.1, 0.15) is 32.6 Å². The highest BCUT2D eigenvalue weighted by molar-refractivity contribution is 7.85. The van der Waals surface area contributed by atoms with E-state index in [1.807, 2.05) is 6.92 Å². The summed E-state index contributed by atoms with van der Waals surface area (Å²) in [7, 11) is -3.59. The maximum atomic E-state index is 11.7. The Balaban J connectivity index is 2.62. The van der Waals surface area contributed by atoms with Gasteiger partial charge in [0.15, 0.2) is 0 Å². The van der Waals surface area contributed by atoms with Gasteiger partial charge in [0.25, 0.3) is 10.1 Å². The van der Waals surface area contributed by atoms with Crippen LogP contribution in [0.2, 0.25) is 0 Å². The predicted octanol–water partition coefficient (Wildman–Crippen LogP) is 0.916. The molecule has 1 unspecified atom stereocenters. The molecule has 5 nitrogen and oxygen atoms in total. The summed E-state index contributed by atoms with van der Waals surface area (Å²) in [6.07, 6.45) is 4.29. The largest absolute Gasteiger partial charge is 0.285 e. The molecule has 0 spiro atoms. The van der Waals surface area contributed by atoms with Gasteiger partial charge in [-0.05, 0) is 19.3 Å². The summed E-state index contributed by atoms with van der Waals surface area (Å²) in [5.41, 5.74) is 0. The first-order valence-corrected chi connectivity index (χ1v) is 6.96. The van der Waals surface area contributed by atoms with E-state index >= 15 is 0 Å². The zero-order valence-electron chi connectivity index (χ0n) is 9.10. The fourth-order valence-corrected chi connectivity index (χ4v) is 2.25. The lowest BCUT2D eigenvalue weighted by molar-refractivity contribution is -0.166. The van der Waals surface area contributed by atoms with Crippen molar-refractivity contribution in [3.8, 4) is 0 Å². The number of hydroxylamine groups is 2. The minimum absolute atomic E-state index is 0.0782. The molecule has 1 atom stereocenters. The van der Waals surface area contributed by atoms with Crippen LogP contribution in [0.5, 0.6) is 0 Å². The first-order valence-electron chi connectivity index (χ1n) is 5.15. The first-order chi connectivity index (χ1) is 6.94. The fraction of sp³-hybridized carbons (Fsp3) is 0.889. The third-order valence-corrected chi connectivity index (χ3v) is 2.82. The Morgan fingerprint density at radius 3 is 2.73 bits per heavy atom.